The molecule has 0 bridgehead atoms. The zero-order chi connectivity index (χ0) is 11.7. The van der Waals surface area contributed by atoms with Gasteiger partial charge in [-0.1, -0.05) is 0 Å². The summed E-state index contributed by atoms with van der Waals surface area (Å²) < 4.78 is 5.83. The van der Waals surface area contributed by atoms with Gasteiger partial charge in [0.25, 0.3) is 5.56 Å². The molecule has 16 heavy (non-hydrogen) atoms. The second kappa shape index (κ2) is 3.84. The van der Waals surface area contributed by atoms with Gasteiger partial charge in [0.1, 0.15) is 13.4 Å². The van der Waals surface area contributed by atoms with Crippen molar-refractivity contribution in [3.63, 3.8) is 0 Å². The number of esters is 1. The van der Waals surface area contributed by atoms with Crippen molar-refractivity contribution in [2.75, 3.05) is 6.61 Å². The first-order valence-electron chi connectivity index (χ1n) is 4.67. The molecule has 0 aliphatic heterocycles. The largest absolute Gasteiger partial charge is 0.462 e. The number of H-pyrrole nitrogens is 1. The lowest BCUT2D eigenvalue weighted by Gasteiger charge is -2.00. The Labute approximate surface area is 91.6 Å². The Balaban J connectivity index is 2.60. The minimum absolute atomic E-state index is 0.124. The maximum absolute atomic E-state index is 11.8. The number of nitrogens with zero attached hydrogens (tertiary/aromatic N) is 2. The van der Waals surface area contributed by atoms with E-state index in [1.54, 1.807) is 6.92 Å². The van der Waals surface area contributed by atoms with Crippen molar-refractivity contribution in [3.05, 3.63) is 28.2 Å². The van der Waals surface area contributed by atoms with Crippen LogP contribution in [0.25, 0.3) is 5.65 Å². The van der Waals surface area contributed by atoms with Gasteiger partial charge in [0.2, 0.25) is 0 Å². The molecule has 0 aromatic carbocycles. The molecule has 0 unspecified atom stereocenters. The quantitative estimate of drug-likeness (QED) is 0.516. The first-order chi connectivity index (χ1) is 7.63. The highest BCUT2D eigenvalue weighted by molar-refractivity contribution is 6.31. The standard InChI is InChI=1S/C9H8BN3O3/c1-2-16-9(15)5-4-11-7-3-6(10)12-13(7)8(5)14/h3-4,12H,2H2,1H3. The second-order valence-electron chi connectivity index (χ2n) is 3.10. The summed E-state index contributed by atoms with van der Waals surface area (Å²) >= 11 is 0. The fraction of sp³-hybridized carbons (Fsp3) is 0.222. The van der Waals surface area contributed by atoms with E-state index in [4.69, 9.17) is 12.6 Å². The van der Waals surface area contributed by atoms with Gasteiger partial charge in [-0.25, -0.2) is 14.3 Å². The minimum atomic E-state index is -0.692. The lowest BCUT2D eigenvalue weighted by molar-refractivity contribution is 0.0523. The van der Waals surface area contributed by atoms with E-state index in [0.29, 0.717) is 11.2 Å². The molecule has 1 N–H and O–H groups in total. The number of aromatic amines is 1. The minimum Gasteiger partial charge on any atom is -0.462 e. The molecule has 0 aliphatic rings. The fourth-order valence-electron chi connectivity index (χ4n) is 1.33. The Bertz CT molecular complexity index is 602. The summed E-state index contributed by atoms with van der Waals surface area (Å²) in [7, 11) is 5.47. The van der Waals surface area contributed by atoms with Crippen molar-refractivity contribution >= 4 is 25.1 Å². The highest BCUT2D eigenvalue weighted by atomic mass is 16.5. The lowest BCUT2D eigenvalue weighted by atomic mass is 10.1. The van der Waals surface area contributed by atoms with Crippen molar-refractivity contribution in [3.8, 4) is 0 Å². The molecule has 0 saturated carbocycles. The summed E-state index contributed by atoms with van der Waals surface area (Å²) in [5.41, 5.74) is 0.00232. The third-order valence-corrected chi connectivity index (χ3v) is 2.01. The summed E-state index contributed by atoms with van der Waals surface area (Å²) in [6, 6.07) is 1.50. The Kier molecular flexibility index (Phi) is 2.51. The molecule has 0 fully saturated rings. The number of hydrogen-bond donors (Lipinski definition) is 1. The highest BCUT2D eigenvalue weighted by Gasteiger charge is 2.14. The molecule has 2 heterocycles. The molecular formula is C9H8BN3O3. The zero-order valence-corrected chi connectivity index (χ0v) is 8.56. The number of fused-ring (bicyclic) bond motifs is 1. The summed E-state index contributed by atoms with van der Waals surface area (Å²) in [5.74, 6) is -0.692. The predicted octanol–water partition coefficient (Wildman–Crippen LogP) is -1.01. The van der Waals surface area contributed by atoms with E-state index >= 15 is 0 Å². The van der Waals surface area contributed by atoms with Gasteiger partial charge in [0.15, 0.2) is 5.65 Å². The number of carbonyl (C=O) groups is 1. The van der Waals surface area contributed by atoms with Crippen LogP contribution in [-0.4, -0.2) is 35.0 Å². The maximum atomic E-state index is 11.8. The molecule has 0 spiro atoms. The Hall–Kier alpha value is -2.05. The fourth-order valence-corrected chi connectivity index (χ4v) is 1.33. The Morgan fingerprint density at radius 1 is 1.69 bits per heavy atom. The van der Waals surface area contributed by atoms with Gasteiger partial charge >= 0.3 is 5.97 Å². The van der Waals surface area contributed by atoms with Crippen molar-refractivity contribution in [1.82, 2.24) is 14.6 Å². The van der Waals surface area contributed by atoms with Crippen molar-refractivity contribution < 1.29 is 9.53 Å². The number of aromatic nitrogens is 3. The smallest absolute Gasteiger partial charge is 0.345 e. The van der Waals surface area contributed by atoms with Crippen LogP contribution in [0.2, 0.25) is 0 Å². The number of hydrogen-bond acceptors (Lipinski definition) is 4. The van der Waals surface area contributed by atoms with E-state index in [1.807, 2.05) is 0 Å². The number of rotatable bonds is 2. The third-order valence-electron chi connectivity index (χ3n) is 2.01. The molecule has 2 aromatic rings. The maximum Gasteiger partial charge on any atom is 0.345 e. The number of nitrogens with one attached hydrogen (secondary N) is 1. The van der Waals surface area contributed by atoms with Gasteiger partial charge in [0, 0.05) is 6.20 Å². The molecule has 2 aromatic heterocycles. The summed E-state index contributed by atoms with van der Waals surface area (Å²) in [6.45, 7) is 1.86. The van der Waals surface area contributed by atoms with Crippen LogP contribution in [0.15, 0.2) is 17.1 Å². The van der Waals surface area contributed by atoms with E-state index in [0.717, 1.165) is 4.52 Å². The summed E-state index contributed by atoms with van der Waals surface area (Å²) in [6.07, 6.45) is 1.18. The van der Waals surface area contributed by atoms with E-state index in [1.165, 1.54) is 12.3 Å². The van der Waals surface area contributed by atoms with Crippen molar-refractivity contribution in [2.45, 2.75) is 6.92 Å². The average molecular weight is 217 g/mol. The first-order valence-corrected chi connectivity index (χ1v) is 4.67. The monoisotopic (exact) mass is 217 g/mol. The van der Waals surface area contributed by atoms with Crippen LogP contribution in [0, 0.1) is 0 Å². The van der Waals surface area contributed by atoms with Crippen LogP contribution in [0.1, 0.15) is 17.3 Å². The molecule has 2 rings (SSSR count). The van der Waals surface area contributed by atoms with Gasteiger partial charge in [-0.2, -0.15) is 0 Å². The van der Waals surface area contributed by atoms with Gasteiger partial charge in [-0.15, -0.1) is 0 Å². The number of ether oxygens (including phenoxy) is 1. The number of carbonyl (C=O) groups excluding carboxylic acids is 1. The average Bonchev–Trinajstić information content (AvgIpc) is 2.60. The molecule has 0 aliphatic carbocycles. The van der Waals surface area contributed by atoms with Crippen LogP contribution in [0.5, 0.6) is 0 Å². The molecule has 7 heteroatoms. The highest BCUT2D eigenvalue weighted by Crippen LogP contribution is 1.96. The molecule has 6 nitrogen and oxygen atoms in total. The topological polar surface area (TPSA) is 76.5 Å². The van der Waals surface area contributed by atoms with Crippen LogP contribution in [0.4, 0.5) is 0 Å². The SMILES string of the molecule is [B]c1cc2ncc(C(=O)OCC)c(=O)n2[nH]1. The van der Waals surface area contributed by atoms with E-state index in [-0.39, 0.29) is 12.2 Å². The van der Waals surface area contributed by atoms with Crippen molar-refractivity contribution in [1.29, 1.82) is 0 Å². The zero-order valence-electron chi connectivity index (χ0n) is 8.56. The van der Waals surface area contributed by atoms with Crippen molar-refractivity contribution in [2.24, 2.45) is 0 Å². The normalized spacial score (nSPS) is 10.6. The van der Waals surface area contributed by atoms with E-state index in [9.17, 15) is 9.59 Å². The molecule has 0 saturated heterocycles. The van der Waals surface area contributed by atoms with E-state index in [2.05, 4.69) is 10.1 Å². The molecule has 0 amide bonds. The van der Waals surface area contributed by atoms with Crippen LogP contribution in [0.3, 0.4) is 0 Å². The third kappa shape index (κ3) is 1.60. The van der Waals surface area contributed by atoms with Crippen LogP contribution < -0.4 is 11.2 Å². The van der Waals surface area contributed by atoms with E-state index < -0.39 is 11.5 Å². The summed E-state index contributed by atoms with van der Waals surface area (Å²) in [4.78, 5) is 27.1. The van der Waals surface area contributed by atoms with Gasteiger partial charge < -0.3 is 9.84 Å². The predicted molar refractivity (Wildman–Crippen MR) is 57.2 cm³/mol. The van der Waals surface area contributed by atoms with Crippen LogP contribution in [-0.2, 0) is 4.74 Å². The van der Waals surface area contributed by atoms with Crippen LogP contribution >= 0.6 is 0 Å². The lowest BCUT2D eigenvalue weighted by Crippen LogP contribution is -2.25. The first kappa shape index (κ1) is 10.5. The second-order valence-corrected chi connectivity index (χ2v) is 3.10. The van der Waals surface area contributed by atoms with Gasteiger partial charge in [-0.05, 0) is 18.6 Å². The molecule has 80 valence electrons. The molecule has 2 radical (unpaired) electrons. The Morgan fingerprint density at radius 3 is 3.12 bits per heavy atom. The van der Waals surface area contributed by atoms with Gasteiger partial charge in [-0.3, -0.25) is 4.79 Å². The molecular weight excluding hydrogens is 209 g/mol. The molecule has 0 atom stereocenters. The summed E-state index contributed by atoms with van der Waals surface area (Å²) in [5, 5.41) is 2.58. The van der Waals surface area contributed by atoms with Gasteiger partial charge in [0.05, 0.1) is 6.61 Å². The Morgan fingerprint density at radius 2 is 2.44 bits per heavy atom.